The maximum absolute atomic E-state index is 2.64. The summed E-state index contributed by atoms with van der Waals surface area (Å²) < 4.78 is 0. The van der Waals surface area contributed by atoms with E-state index in [-0.39, 0.29) is 0 Å². The molecule has 0 nitrogen and oxygen atoms in total. The zero-order chi connectivity index (χ0) is 10.3. The quantitative estimate of drug-likeness (QED) is 0.591. The Morgan fingerprint density at radius 2 is 2.00 bits per heavy atom. The van der Waals surface area contributed by atoms with Crippen molar-refractivity contribution in [3.63, 3.8) is 0 Å². The molecule has 0 amide bonds. The summed E-state index contributed by atoms with van der Waals surface area (Å²) in [6, 6.07) is 0. The van der Waals surface area contributed by atoms with Crippen molar-refractivity contribution < 1.29 is 0 Å². The molecule has 0 bridgehead atoms. The highest BCUT2D eigenvalue weighted by atomic mass is 14.5. The van der Waals surface area contributed by atoms with Crippen LogP contribution in [0.2, 0.25) is 11.6 Å². The molecule has 1 heteroatoms. The van der Waals surface area contributed by atoms with Gasteiger partial charge in [0.15, 0.2) is 0 Å². The minimum Gasteiger partial charge on any atom is -0.0797 e. The van der Waals surface area contributed by atoms with Gasteiger partial charge in [-0.3, -0.25) is 0 Å². The standard InChI is InChI=1S/C13H24B/c1-9(2)8-13(5-6-14-13)12-7-10(3)11(12)4/h9-12H,5-8H2,1-4H3. The second kappa shape index (κ2) is 3.57. The van der Waals surface area contributed by atoms with E-state index in [1.165, 1.54) is 25.6 Å². The van der Waals surface area contributed by atoms with Crippen molar-refractivity contribution in [1.82, 2.24) is 0 Å². The van der Waals surface area contributed by atoms with Crippen LogP contribution in [-0.2, 0) is 0 Å². The van der Waals surface area contributed by atoms with Gasteiger partial charge in [0.2, 0.25) is 0 Å². The van der Waals surface area contributed by atoms with Crippen LogP contribution >= 0.6 is 0 Å². The zero-order valence-corrected chi connectivity index (χ0v) is 10.2. The Bertz CT molecular complexity index is 205. The van der Waals surface area contributed by atoms with Crippen LogP contribution in [-0.4, -0.2) is 7.28 Å². The molecule has 2 aliphatic rings. The minimum atomic E-state index is 0.667. The molecule has 4 atom stereocenters. The molecule has 14 heavy (non-hydrogen) atoms. The average Bonchev–Trinajstić information content (AvgIpc) is 2.07. The van der Waals surface area contributed by atoms with Crippen molar-refractivity contribution in [1.29, 1.82) is 0 Å². The van der Waals surface area contributed by atoms with E-state index in [1.807, 2.05) is 0 Å². The van der Waals surface area contributed by atoms with Crippen LogP contribution in [0.4, 0.5) is 0 Å². The number of rotatable bonds is 3. The molecule has 0 spiro atoms. The summed E-state index contributed by atoms with van der Waals surface area (Å²) in [5.41, 5.74) is 0. The lowest BCUT2D eigenvalue weighted by atomic mass is 9.28. The molecule has 1 aliphatic carbocycles. The predicted molar refractivity (Wildman–Crippen MR) is 63.8 cm³/mol. The molecule has 1 heterocycles. The number of hydrogen-bond donors (Lipinski definition) is 0. The smallest absolute Gasteiger partial charge is 0.0797 e. The fourth-order valence-corrected chi connectivity index (χ4v) is 3.74. The highest BCUT2D eigenvalue weighted by Gasteiger charge is 2.51. The van der Waals surface area contributed by atoms with Crippen molar-refractivity contribution in [2.24, 2.45) is 23.7 Å². The van der Waals surface area contributed by atoms with Crippen LogP contribution < -0.4 is 0 Å². The van der Waals surface area contributed by atoms with Crippen molar-refractivity contribution in [3.05, 3.63) is 0 Å². The first-order valence-corrected chi connectivity index (χ1v) is 6.39. The molecule has 0 N–H and O–H groups in total. The van der Waals surface area contributed by atoms with Crippen molar-refractivity contribution in [2.45, 2.75) is 58.6 Å². The van der Waals surface area contributed by atoms with Gasteiger partial charge in [0.1, 0.15) is 7.28 Å². The molecular weight excluding hydrogens is 167 g/mol. The Labute approximate surface area is 90.1 Å². The molecule has 2 rings (SSSR count). The molecule has 1 aliphatic heterocycles. The third-order valence-corrected chi connectivity index (χ3v) is 4.85. The molecule has 1 radical (unpaired) electrons. The van der Waals surface area contributed by atoms with Crippen LogP contribution in [0.3, 0.4) is 0 Å². The Morgan fingerprint density at radius 3 is 2.29 bits per heavy atom. The third-order valence-electron chi connectivity index (χ3n) is 4.85. The lowest BCUT2D eigenvalue weighted by Crippen LogP contribution is -2.48. The molecule has 0 aromatic heterocycles. The van der Waals surface area contributed by atoms with Crippen LogP contribution in [0.25, 0.3) is 0 Å². The van der Waals surface area contributed by atoms with Crippen LogP contribution in [0.1, 0.15) is 47.0 Å². The van der Waals surface area contributed by atoms with Gasteiger partial charge in [-0.25, -0.2) is 0 Å². The second-order valence-electron chi connectivity index (χ2n) is 6.25. The van der Waals surface area contributed by atoms with E-state index in [4.69, 9.17) is 0 Å². The summed E-state index contributed by atoms with van der Waals surface area (Å²) in [5.74, 6) is 3.85. The Morgan fingerprint density at radius 1 is 1.36 bits per heavy atom. The Balaban J connectivity index is 1.99. The summed E-state index contributed by atoms with van der Waals surface area (Å²) in [6.07, 6.45) is 5.79. The molecule has 4 unspecified atom stereocenters. The normalized spacial score (nSPS) is 46.8. The minimum absolute atomic E-state index is 0.667. The van der Waals surface area contributed by atoms with Gasteiger partial charge in [-0.15, -0.1) is 0 Å². The van der Waals surface area contributed by atoms with Gasteiger partial charge in [-0.1, -0.05) is 52.2 Å². The van der Waals surface area contributed by atoms with Crippen LogP contribution in [0, 0.1) is 23.7 Å². The maximum Gasteiger partial charge on any atom is 0.118 e. The van der Waals surface area contributed by atoms with E-state index >= 15 is 0 Å². The summed E-state index contributed by atoms with van der Waals surface area (Å²) in [5, 5.41) is 0.667. The van der Waals surface area contributed by atoms with Gasteiger partial charge in [0.05, 0.1) is 0 Å². The van der Waals surface area contributed by atoms with Gasteiger partial charge in [0, 0.05) is 0 Å². The zero-order valence-electron chi connectivity index (χ0n) is 10.2. The van der Waals surface area contributed by atoms with E-state index in [0.717, 1.165) is 23.7 Å². The van der Waals surface area contributed by atoms with E-state index < -0.39 is 0 Å². The molecule has 0 aromatic rings. The largest absolute Gasteiger partial charge is 0.118 e. The van der Waals surface area contributed by atoms with E-state index in [2.05, 4.69) is 35.0 Å². The van der Waals surface area contributed by atoms with Gasteiger partial charge in [-0.05, 0) is 30.1 Å². The van der Waals surface area contributed by atoms with Crippen LogP contribution in [0.5, 0.6) is 0 Å². The SMILES string of the molecule is CC(C)CC1(C2CC(C)C2C)[B]CC1. The number of hydrogen-bond acceptors (Lipinski definition) is 0. The summed E-state index contributed by atoms with van der Waals surface area (Å²) in [4.78, 5) is 0. The molecule has 79 valence electrons. The van der Waals surface area contributed by atoms with Crippen LogP contribution in [0.15, 0.2) is 0 Å². The first kappa shape index (κ1) is 10.6. The molecule has 1 saturated heterocycles. The molecular formula is C13H24B. The van der Waals surface area contributed by atoms with E-state index in [9.17, 15) is 0 Å². The van der Waals surface area contributed by atoms with Gasteiger partial charge in [-0.2, -0.15) is 0 Å². The van der Waals surface area contributed by atoms with Gasteiger partial charge < -0.3 is 0 Å². The summed E-state index contributed by atoms with van der Waals surface area (Å²) in [7, 11) is 2.64. The fraction of sp³-hybridized carbons (Fsp3) is 1.00. The average molecular weight is 191 g/mol. The second-order valence-corrected chi connectivity index (χ2v) is 6.25. The molecule has 0 aromatic carbocycles. The maximum atomic E-state index is 2.64. The van der Waals surface area contributed by atoms with Gasteiger partial charge in [0.25, 0.3) is 0 Å². The highest BCUT2D eigenvalue weighted by Crippen LogP contribution is 2.63. The van der Waals surface area contributed by atoms with E-state index in [1.54, 1.807) is 0 Å². The Kier molecular flexibility index (Phi) is 2.70. The summed E-state index contributed by atoms with van der Waals surface area (Å²) in [6.45, 7) is 9.64. The van der Waals surface area contributed by atoms with Crippen molar-refractivity contribution in [3.8, 4) is 0 Å². The molecule has 2 fully saturated rings. The lowest BCUT2D eigenvalue weighted by Gasteiger charge is -2.58. The van der Waals surface area contributed by atoms with Gasteiger partial charge >= 0.3 is 0 Å². The predicted octanol–water partition coefficient (Wildman–Crippen LogP) is 4.01. The highest BCUT2D eigenvalue weighted by molar-refractivity contribution is 6.44. The lowest BCUT2D eigenvalue weighted by molar-refractivity contribution is 0.0375. The Hall–Kier alpha value is 0.0649. The fourth-order valence-electron chi connectivity index (χ4n) is 3.74. The first-order valence-electron chi connectivity index (χ1n) is 6.39. The first-order chi connectivity index (χ1) is 6.55. The molecule has 1 saturated carbocycles. The monoisotopic (exact) mass is 191 g/mol. The van der Waals surface area contributed by atoms with Crippen molar-refractivity contribution >= 4 is 7.28 Å². The summed E-state index contributed by atoms with van der Waals surface area (Å²) >= 11 is 0. The topological polar surface area (TPSA) is 0 Å². The van der Waals surface area contributed by atoms with E-state index in [0.29, 0.717) is 5.31 Å². The van der Waals surface area contributed by atoms with Crippen molar-refractivity contribution in [2.75, 3.05) is 0 Å². The third kappa shape index (κ3) is 1.53.